The first-order chi connectivity index (χ1) is 29.6. The lowest BCUT2D eigenvalue weighted by molar-refractivity contribution is 0.103. The Morgan fingerprint density at radius 3 is 1.17 bits per heavy atom. The molecule has 8 rings (SSSR count). The smallest absolute Gasteiger partial charge is 0.193 e. The molecule has 2 heterocycles. The van der Waals surface area contributed by atoms with Crippen LogP contribution in [0.3, 0.4) is 0 Å². The standard InChI is InChI=1S/C56H56O4/c1-3-5-7-9-11-19-31-49-51(41-27-21-29-43(37-41)53(57)39-23-15-13-16-24-39)47-35-33-46-45(55(47)59-49)34-36-48-52(50(60-56(46)48)32-20-12-10-8-6-4-2)42-28-22-30-44(38-42)54(58)40-25-17-14-18-26-40/h13-18,21-30,33-38H,3-12,19-20,31-32H2,1-2H3. The highest BCUT2D eigenvalue weighted by atomic mass is 16.3. The number of aryl methyl sites for hydroxylation is 2. The fraction of sp³-hybridized carbons (Fsp3) is 0.286. The molecule has 0 aliphatic rings. The number of unbranched alkanes of at least 4 members (excludes halogenated alkanes) is 10. The van der Waals surface area contributed by atoms with E-state index in [1.54, 1.807) is 0 Å². The van der Waals surface area contributed by atoms with Crippen molar-refractivity contribution in [3.63, 3.8) is 0 Å². The van der Waals surface area contributed by atoms with Gasteiger partial charge in [-0.15, -0.1) is 0 Å². The summed E-state index contributed by atoms with van der Waals surface area (Å²) in [6, 6.07) is 43.8. The number of carbonyl (C=O) groups excluding carboxylic acids is 2. The second kappa shape index (κ2) is 19.4. The molecular formula is C56H56O4. The molecule has 4 heteroatoms. The van der Waals surface area contributed by atoms with Gasteiger partial charge in [0.15, 0.2) is 11.6 Å². The lowest BCUT2D eigenvalue weighted by Crippen LogP contribution is -2.01. The van der Waals surface area contributed by atoms with Crippen LogP contribution in [0.25, 0.3) is 55.0 Å². The minimum atomic E-state index is 0.0101. The van der Waals surface area contributed by atoms with Gasteiger partial charge in [-0.1, -0.05) is 175 Å². The molecule has 0 N–H and O–H groups in total. The number of furan rings is 2. The van der Waals surface area contributed by atoms with E-state index < -0.39 is 0 Å². The number of benzene rings is 6. The number of rotatable bonds is 20. The van der Waals surface area contributed by atoms with Crippen molar-refractivity contribution in [2.24, 2.45) is 0 Å². The van der Waals surface area contributed by atoms with Crippen molar-refractivity contribution in [2.45, 2.75) is 104 Å². The molecule has 2 aromatic heterocycles. The first-order valence-electron chi connectivity index (χ1n) is 22.4. The quantitative estimate of drug-likeness (QED) is 0.0570. The van der Waals surface area contributed by atoms with Crippen molar-refractivity contribution in [1.82, 2.24) is 0 Å². The van der Waals surface area contributed by atoms with Crippen LogP contribution in [0.1, 0.15) is 134 Å². The van der Waals surface area contributed by atoms with Crippen LogP contribution in [0.5, 0.6) is 0 Å². The van der Waals surface area contributed by atoms with Gasteiger partial charge < -0.3 is 8.83 Å². The van der Waals surface area contributed by atoms with Gasteiger partial charge in [-0.3, -0.25) is 9.59 Å². The van der Waals surface area contributed by atoms with Crippen molar-refractivity contribution in [1.29, 1.82) is 0 Å². The van der Waals surface area contributed by atoms with E-state index in [0.717, 1.165) is 105 Å². The highest BCUT2D eigenvalue weighted by molar-refractivity contribution is 6.19. The highest BCUT2D eigenvalue weighted by Crippen LogP contribution is 2.44. The molecule has 0 atom stereocenters. The Bertz CT molecular complexity index is 2530. The van der Waals surface area contributed by atoms with Crippen LogP contribution in [-0.2, 0) is 12.8 Å². The molecule has 0 aliphatic carbocycles. The molecule has 8 aromatic rings. The van der Waals surface area contributed by atoms with E-state index in [1.165, 1.54) is 51.4 Å². The third-order valence-corrected chi connectivity index (χ3v) is 12.1. The Hall–Kier alpha value is -6.00. The molecule has 0 radical (unpaired) electrons. The minimum Gasteiger partial charge on any atom is -0.460 e. The second-order valence-electron chi connectivity index (χ2n) is 16.4. The Morgan fingerprint density at radius 2 is 0.750 bits per heavy atom. The molecule has 0 saturated carbocycles. The average Bonchev–Trinajstić information content (AvgIpc) is 3.87. The van der Waals surface area contributed by atoms with Crippen molar-refractivity contribution in [3.8, 4) is 22.3 Å². The predicted octanol–water partition coefficient (Wildman–Crippen LogP) is 15.9. The van der Waals surface area contributed by atoms with Gasteiger partial charge in [0.2, 0.25) is 0 Å². The summed E-state index contributed by atoms with van der Waals surface area (Å²) in [5, 5.41) is 4.09. The van der Waals surface area contributed by atoms with Gasteiger partial charge in [-0.05, 0) is 60.4 Å². The largest absolute Gasteiger partial charge is 0.460 e. The van der Waals surface area contributed by atoms with Gasteiger partial charge in [-0.25, -0.2) is 0 Å². The van der Waals surface area contributed by atoms with E-state index in [9.17, 15) is 9.59 Å². The van der Waals surface area contributed by atoms with Gasteiger partial charge in [0, 0.05) is 67.8 Å². The lowest BCUT2D eigenvalue weighted by atomic mass is 9.93. The van der Waals surface area contributed by atoms with Crippen LogP contribution in [-0.4, -0.2) is 11.6 Å². The zero-order chi connectivity index (χ0) is 41.3. The molecule has 304 valence electrons. The minimum absolute atomic E-state index is 0.0101. The third-order valence-electron chi connectivity index (χ3n) is 12.1. The van der Waals surface area contributed by atoms with Crippen molar-refractivity contribution in [2.75, 3.05) is 0 Å². The average molecular weight is 793 g/mol. The fourth-order valence-electron chi connectivity index (χ4n) is 8.87. The SMILES string of the molecule is CCCCCCCCc1oc2c(ccc3c2ccc2c(-c4cccc(C(=O)c5ccccc5)c4)c(CCCCCCCC)oc23)c1-c1cccc(C(=O)c2ccccc2)c1. The molecule has 60 heavy (non-hydrogen) atoms. The molecule has 6 aromatic carbocycles. The molecular weight excluding hydrogens is 737 g/mol. The van der Waals surface area contributed by atoms with E-state index >= 15 is 0 Å². The second-order valence-corrected chi connectivity index (χ2v) is 16.4. The Balaban J connectivity index is 1.23. The fourth-order valence-corrected chi connectivity index (χ4v) is 8.87. The normalized spacial score (nSPS) is 11.6. The first-order valence-corrected chi connectivity index (χ1v) is 22.4. The van der Waals surface area contributed by atoms with Crippen LogP contribution in [0.4, 0.5) is 0 Å². The zero-order valence-electron chi connectivity index (χ0n) is 35.2. The summed E-state index contributed by atoms with van der Waals surface area (Å²) in [5.74, 6) is 1.94. The lowest BCUT2D eigenvalue weighted by Gasteiger charge is -2.08. The number of fused-ring (bicyclic) bond motifs is 5. The van der Waals surface area contributed by atoms with E-state index in [4.69, 9.17) is 8.83 Å². The van der Waals surface area contributed by atoms with Crippen LogP contribution in [0.15, 0.2) is 142 Å². The topological polar surface area (TPSA) is 60.4 Å². The van der Waals surface area contributed by atoms with E-state index in [1.807, 2.05) is 97.1 Å². The van der Waals surface area contributed by atoms with Crippen LogP contribution in [0.2, 0.25) is 0 Å². The molecule has 4 nitrogen and oxygen atoms in total. The molecule has 0 fully saturated rings. The molecule has 0 aliphatic heterocycles. The highest BCUT2D eigenvalue weighted by Gasteiger charge is 2.24. The van der Waals surface area contributed by atoms with Crippen LogP contribution >= 0.6 is 0 Å². The summed E-state index contributed by atoms with van der Waals surface area (Å²) >= 11 is 0. The number of hydrogen-bond donors (Lipinski definition) is 0. The Labute approximate surface area is 354 Å². The zero-order valence-corrected chi connectivity index (χ0v) is 35.2. The van der Waals surface area contributed by atoms with E-state index in [-0.39, 0.29) is 11.6 Å². The summed E-state index contributed by atoms with van der Waals surface area (Å²) in [5.41, 5.74) is 8.47. The van der Waals surface area contributed by atoms with Crippen LogP contribution in [0, 0.1) is 0 Å². The summed E-state index contributed by atoms with van der Waals surface area (Å²) in [4.78, 5) is 27.3. The van der Waals surface area contributed by atoms with Gasteiger partial charge in [0.1, 0.15) is 22.7 Å². The maximum Gasteiger partial charge on any atom is 0.193 e. The van der Waals surface area contributed by atoms with E-state index in [0.29, 0.717) is 22.3 Å². The van der Waals surface area contributed by atoms with Gasteiger partial charge >= 0.3 is 0 Å². The molecule has 0 spiro atoms. The molecule has 0 saturated heterocycles. The number of carbonyl (C=O) groups is 2. The van der Waals surface area contributed by atoms with Crippen molar-refractivity contribution in [3.05, 3.63) is 167 Å². The van der Waals surface area contributed by atoms with Gasteiger partial charge in [0.05, 0.1) is 0 Å². The maximum absolute atomic E-state index is 13.6. The predicted molar refractivity (Wildman–Crippen MR) is 248 cm³/mol. The first kappa shape index (κ1) is 40.8. The summed E-state index contributed by atoms with van der Waals surface area (Å²) in [6.45, 7) is 4.50. The maximum atomic E-state index is 13.6. The monoisotopic (exact) mass is 792 g/mol. The van der Waals surface area contributed by atoms with Gasteiger partial charge in [-0.2, -0.15) is 0 Å². The number of ketones is 2. The van der Waals surface area contributed by atoms with Crippen molar-refractivity contribution < 1.29 is 18.4 Å². The molecule has 0 unspecified atom stereocenters. The Morgan fingerprint density at radius 1 is 0.383 bits per heavy atom. The summed E-state index contributed by atoms with van der Waals surface area (Å²) in [7, 11) is 0. The van der Waals surface area contributed by atoms with E-state index in [2.05, 4.69) is 50.2 Å². The third kappa shape index (κ3) is 8.80. The molecule has 0 bridgehead atoms. The summed E-state index contributed by atoms with van der Waals surface area (Å²) < 4.78 is 14.0. The van der Waals surface area contributed by atoms with Gasteiger partial charge in [0.25, 0.3) is 0 Å². The van der Waals surface area contributed by atoms with Crippen LogP contribution < -0.4 is 0 Å². The molecule has 0 amide bonds. The number of hydrogen-bond acceptors (Lipinski definition) is 4. The summed E-state index contributed by atoms with van der Waals surface area (Å²) in [6.07, 6.45) is 16.0. The van der Waals surface area contributed by atoms with Crippen molar-refractivity contribution >= 4 is 44.3 Å². The Kier molecular flexibility index (Phi) is 13.2.